The van der Waals surface area contributed by atoms with Gasteiger partial charge in [0.15, 0.2) is 10.9 Å². The first-order valence-electron chi connectivity index (χ1n) is 14.6. The van der Waals surface area contributed by atoms with Crippen LogP contribution in [0.25, 0.3) is 5.57 Å². The molecular formula is C30H44N2O2S. The number of thiazole rings is 1. The van der Waals surface area contributed by atoms with Crippen molar-refractivity contribution in [3.63, 3.8) is 0 Å². The first-order chi connectivity index (χ1) is 16.8. The average molecular weight is 497 g/mol. The minimum Gasteiger partial charge on any atom is -0.362 e. The number of hydrogen-bond acceptors (Lipinski definition) is 5. The van der Waals surface area contributed by atoms with Crippen LogP contribution in [0.3, 0.4) is 0 Å². The molecule has 35 heavy (non-hydrogen) atoms. The molecule has 6 aliphatic rings. The Hall–Kier alpha value is -0.910. The van der Waals surface area contributed by atoms with E-state index in [4.69, 9.17) is 14.5 Å². The number of fused-ring (bicyclic) bond motifs is 9. The summed E-state index contributed by atoms with van der Waals surface area (Å²) in [5, 5.41) is 4.59. The summed E-state index contributed by atoms with van der Waals surface area (Å²) in [5.41, 5.74) is 3.68. The van der Waals surface area contributed by atoms with E-state index in [0.29, 0.717) is 34.7 Å². The molecule has 0 bridgehead atoms. The van der Waals surface area contributed by atoms with Crippen LogP contribution in [0.2, 0.25) is 0 Å². The number of hydrogen-bond donors (Lipinski definition) is 1. The topological polar surface area (TPSA) is 43.4 Å². The Morgan fingerprint density at radius 2 is 2.00 bits per heavy atom. The number of ether oxygens (including phenoxy) is 2. The lowest BCUT2D eigenvalue weighted by atomic mass is 9.47. The van der Waals surface area contributed by atoms with Crippen molar-refractivity contribution < 1.29 is 9.47 Å². The maximum absolute atomic E-state index is 6.96. The number of nitrogens with zero attached hydrogens (tertiary/aromatic N) is 1. The Labute approximate surface area is 215 Å². The Balaban J connectivity index is 1.18. The van der Waals surface area contributed by atoms with Gasteiger partial charge in [-0.3, -0.25) is 0 Å². The van der Waals surface area contributed by atoms with Gasteiger partial charge in [0.05, 0.1) is 23.3 Å². The van der Waals surface area contributed by atoms with Gasteiger partial charge in [-0.15, -0.1) is 0 Å². The Morgan fingerprint density at radius 3 is 2.77 bits per heavy atom. The van der Waals surface area contributed by atoms with E-state index >= 15 is 0 Å². The molecule has 2 aliphatic heterocycles. The molecule has 1 N–H and O–H groups in total. The number of aryl methyl sites for hydroxylation is 1. The second kappa shape index (κ2) is 7.80. The lowest BCUT2D eigenvalue weighted by Crippen LogP contribution is -2.51. The molecule has 3 heterocycles. The summed E-state index contributed by atoms with van der Waals surface area (Å²) in [4.78, 5) is 6.45. The van der Waals surface area contributed by atoms with Crippen LogP contribution in [0.1, 0.15) is 90.1 Å². The third kappa shape index (κ3) is 3.07. The monoisotopic (exact) mass is 496 g/mol. The zero-order chi connectivity index (χ0) is 24.2. The molecule has 2 saturated heterocycles. The van der Waals surface area contributed by atoms with E-state index in [2.05, 4.69) is 46.0 Å². The van der Waals surface area contributed by atoms with Gasteiger partial charge in [-0.25, -0.2) is 4.98 Å². The molecule has 1 spiro atoms. The van der Waals surface area contributed by atoms with Crippen LogP contribution in [0, 0.1) is 46.3 Å². The molecule has 192 valence electrons. The molecule has 4 nitrogen and oxygen atoms in total. The number of anilines is 1. The molecule has 2 saturated carbocycles. The van der Waals surface area contributed by atoms with Crippen molar-refractivity contribution in [2.24, 2.45) is 46.3 Å². The first kappa shape index (κ1) is 23.2. The minimum absolute atomic E-state index is 0.297. The van der Waals surface area contributed by atoms with Gasteiger partial charge in [0.25, 0.3) is 0 Å². The highest BCUT2D eigenvalue weighted by atomic mass is 32.1. The van der Waals surface area contributed by atoms with Crippen LogP contribution >= 0.6 is 11.3 Å². The second-order valence-electron chi connectivity index (χ2n) is 13.5. The van der Waals surface area contributed by atoms with Crippen LogP contribution in [-0.4, -0.2) is 30.0 Å². The first-order valence-corrected chi connectivity index (χ1v) is 15.4. The molecule has 0 amide bonds. The Morgan fingerprint density at radius 1 is 1.14 bits per heavy atom. The van der Waals surface area contributed by atoms with Gasteiger partial charge in [-0.2, -0.15) is 0 Å². The summed E-state index contributed by atoms with van der Waals surface area (Å²) in [6, 6.07) is 0. The van der Waals surface area contributed by atoms with Crippen LogP contribution < -0.4 is 5.32 Å². The van der Waals surface area contributed by atoms with E-state index < -0.39 is 0 Å². The molecule has 5 heteroatoms. The minimum atomic E-state index is -0.297. The number of nitrogens with one attached hydrogen (secondary N) is 1. The van der Waals surface area contributed by atoms with Gasteiger partial charge < -0.3 is 14.8 Å². The van der Waals surface area contributed by atoms with Crippen molar-refractivity contribution in [3.05, 3.63) is 16.6 Å². The predicted molar refractivity (Wildman–Crippen MR) is 142 cm³/mol. The van der Waals surface area contributed by atoms with Crippen LogP contribution in [-0.2, 0) is 15.9 Å². The van der Waals surface area contributed by atoms with Gasteiger partial charge in [-0.1, -0.05) is 45.1 Å². The lowest BCUT2D eigenvalue weighted by Gasteiger charge is -2.57. The summed E-state index contributed by atoms with van der Waals surface area (Å²) >= 11 is 1.90. The maximum atomic E-state index is 6.96. The molecule has 1 aromatic heterocycles. The highest BCUT2D eigenvalue weighted by Crippen LogP contribution is 2.71. The zero-order valence-corrected chi connectivity index (χ0v) is 23.2. The van der Waals surface area contributed by atoms with Crippen molar-refractivity contribution in [1.82, 2.24) is 4.98 Å². The number of rotatable bonds is 2. The van der Waals surface area contributed by atoms with E-state index in [-0.39, 0.29) is 5.79 Å². The molecule has 4 aliphatic carbocycles. The molecular weight excluding hydrogens is 452 g/mol. The molecule has 7 rings (SSSR count). The fourth-order valence-electron chi connectivity index (χ4n) is 10.1. The van der Waals surface area contributed by atoms with Gasteiger partial charge in [-0.05, 0) is 97.9 Å². The predicted octanol–water partition coefficient (Wildman–Crippen LogP) is 7.16. The highest BCUT2D eigenvalue weighted by molar-refractivity contribution is 7.16. The normalized spacial score (nSPS) is 50.1. The Kier molecular flexibility index (Phi) is 5.18. The standard InChI is InChI=1S/C30H44N2O2S/c1-6-31-27-32-23-11-13-28(4)20-10-12-29(5)22(19(20)7-8-21(28)26(23)35-27)15-24-25(29)18(3)30(34-24)14-9-17(2)16-33-30/h8,17-20,22,24-25H,6-7,9-16H2,1-5H3,(H,31,32)/t17-,18+,19-,20+,22+,24+,25+,28-,29+,30-/m1/s1. The van der Waals surface area contributed by atoms with E-state index in [9.17, 15) is 0 Å². The van der Waals surface area contributed by atoms with E-state index in [1.165, 1.54) is 49.1 Å². The van der Waals surface area contributed by atoms with Crippen molar-refractivity contribution in [3.8, 4) is 0 Å². The largest absolute Gasteiger partial charge is 0.362 e. The quantitative estimate of drug-likeness (QED) is 0.472. The summed E-state index contributed by atoms with van der Waals surface area (Å²) in [7, 11) is 0. The summed E-state index contributed by atoms with van der Waals surface area (Å²) in [5.74, 6) is 3.92. The van der Waals surface area contributed by atoms with Gasteiger partial charge in [0.1, 0.15) is 0 Å². The smallest absolute Gasteiger partial charge is 0.183 e. The van der Waals surface area contributed by atoms with Gasteiger partial charge in [0.2, 0.25) is 0 Å². The van der Waals surface area contributed by atoms with Crippen molar-refractivity contribution >= 4 is 22.0 Å². The van der Waals surface area contributed by atoms with E-state index in [0.717, 1.165) is 48.9 Å². The molecule has 4 fully saturated rings. The summed E-state index contributed by atoms with van der Waals surface area (Å²) < 4.78 is 13.5. The summed E-state index contributed by atoms with van der Waals surface area (Å²) in [6.45, 7) is 14.0. The number of aromatic nitrogens is 1. The van der Waals surface area contributed by atoms with Crippen LogP contribution in [0.5, 0.6) is 0 Å². The van der Waals surface area contributed by atoms with Crippen molar-refractivity contribution in [2.45, 2.75) is 97.9 Å². The van der Waals surface area contributed by atoms with Gasteiger partial charge in [0, 0.05) is 18.9 Å². The van der Waals surface area contributed by atoms with Crippen LogP contribution in [0.4, 0.5) is 5.13 Å². The number of allylic oxidation sites excluding steroid dienone is 2. The molecule has 10 atom stereocenters. The SMILES string of the molecule is CCNc1nc2c(s1)C1=CC[C@H]3[C@@H]4C[C@@H]5O[C@]6(CC[C@@H](C)CO6)[C@@H](C)[C@@H]5[C@@]4(C)CC[C@@H]3[C@@]1(C)CC2. The van der Waals surface area contributed by atoms with Gasteiger partial charge >= 0.3 is 0 Å². The maximum Gasteiger partial charge on any atom is 0.183 e. The fourth-order valence-corrected chi connectivity index (χ4v) is 11.4. The van der Waals surface area contributed by atoms with Crippen molar-refractivity contribution in [1.29, 1.82) is 0 Å². The van der Waals surface area contributed by atoms with E-state index in [1.54, 1.807) is 5.57 Å². The zero-order valence-electron chi connectivity index (χ0n) is 22.4. The summed E-state index contributed by atoms with van der Waals surface area (Å²) in [6.07, 6.45) is 13.0. The average Bonchev–Trinajstić information content (AvgIpc) is 3.45. The molecule has 1 aromatic rings. The highest BCUT2D eigenvalue weighted by Gasteiger charge is 2.68. The fraction of sp³-hybridized carbons (Fsp3) is 0.833. The Bertz CT molecular complexity index is 1040. The van der Waals surface area contributed by atoms with E-state index in [1.807, 2.05) is 11.3 Å². The molecule has 0 radical (unpaired) electrons. The third-order valence-corrected chi connectivity index (χ3v) is 13.0. The molecule has 0 unspecified atom stereocenters. The lowest BCUT2D eigenvalue weighted by molar-refractivity contribution is -0.272. The van der Waals surface area contributed by atoms with Crippen LogP contribution in [0.15, 0.2) is 6.08 Å². The third-order valence-electron chi connectivity index (χ3n) is 11.9. The second-order valence-corrected chi connectivity index (χ2v) is 14.5. The van der Waals surface area contributed by atoms with Crippen molar-refractivity contribution in [2.75, 3.05) is 18.5 Å². The molecule has 0 aromatic carbocycles.